The third-order valence-electron chi connectivity index (χ3n) is 10.3. The van der Waals surface area contributed by atoms with E-state index in [2.05, 4.69) is 5.32 Å². The Morgan fingerprint density at radius 2 is 1.82 bits per heavy atom. The Morgan fingerprint density at radius 1 is 1.16 bits per heavy atom. The summed E-state index contributed by atoms with van der Waals surface area (Å²) in [6.07, 6.45) is 8.29. The van der Waals surface area contributed by atoms with E-state index in [9.17, 15) is 24.9 Å². The predicted octanol–water partition coefficient (Wildman–Crippen LogP) is 2.16. The van der Waals surface area contributed by atoms with Gasteiger partial charge in [0.2, 0.25) is 0 Å². The molecule has 0 aromatic heterocycles. The number of nitrogens with two attached hydrogens (primary N) is 1. The summed E-state index contributed by atoms with van der Waals surface area (Å²) >= 11 is 0. The van der Waals surface area contributed by atoms with Gasteiger partial charge in [-0.1, -0.05) is 25.7 Å². The van der Waals surface area contributed by atoms with Crippen molar-refractivity contribution < 1.29 is 29.6 Å². The first-order valence-corrected chi connectivity index (χ1v) is 15.7. The molecule has 4 atom stereocenters. The van der Waals surface area contributed by atoms with Gasteiger partial charge in [0.05, 0.1) is 0 Å². The van der Waals surface area contributed by atoms with Gasteiger partial charge in [-0.2, -0.15) is 0 Å². The van der Waals surface area contributed by atoms with Gasteiger partial charge in [-0.3, -0.25) is 0 Å². The minimum absolute atomic E-state index is 0.0455. The van der Waals surface area contributed by atoms with E-state index >= 15 is 0 Å². The van der Waals surface area contributed by atoms with E-state index in [4.69, 9.17) is 18.0 Å². The molecule has 0 aliphatic heterocycles. The number of rotatable bonds is 8. The van der Waals surface area contributed by atoms with Crippen LogP contribution in [0, 0.1) is 17.8 Å². The number of methoxy groups -OCH3 is 1. The van der Waals surface area contributed by atoms with Crippen LogP contribution in [0.5, 0.6) is 5.75 Å². The van der Waals surface area contributed by atoms with Gasteiger partial charge in [0.25, 0.3) is 0 Å². The first-order chi connectivity index (χ1) is 20.8. The van der Waals surface area contributed by atoms with E-state index in [1.807, 2.05) is 25.1 Å². The molecule has 237 valence electrons. The summed E-state index contributed by atoms with van der Waals surface area (Å²) in [4.78, 5) is 30.3. The number of carbonyl (C=O) groups excluding carboxylic acids is 2. The van der Waals surface area contributed by atoms with Crippen molar-refractivity contribution in [1.82, 2.24) is 10.2 Å². The fraction of sp³-hybridized carbons (Fsp3) is 0.606. The molecule has 1 aromatic carbocycles. The second-order valence-electron chi connectivity index (χ2n) is 13.4. The number of anilines is 1. The summed E-state index contributed by atoms with van der Waals surface area (Å²) in [6.45, 7) is 1.56. The number of likely N-dealkylation sites (N-methyl/N-ethyl adjacent to an activating group) is 1. The maximum atomic E-state index is 14.3. The number of hydrogen-bond acceptors (Lipinski definition) is 9. The van der Waals surface area contributed by atoms with Crippen molar-refractivity contribution in [2.75, 3.05) is 46.7 Å². The molecule has 5 rings (SSSR count). The van der Waals surface area contributed by atoms with Gasteiger partial charge in [0.15, 0.2) is 0 Å². The second-order valence-corrected chi connectivity index (χ2v) is 13.4. The van der Waals surface area contributed by atoms with Gasteiger partial charge < -0.3 is 0 Å². The zero-order valence-corrected chi connectivity index (χ0v) is 26.6. The van der Waals surface area contributed by atoms with Crippen LogP contribution in [0.2, 0.25) is 0 Å². The number of fused-ring (bicyclic) bond motifs is 3. The summed E-state index contributed by atoms with van der Waals surface area (Å²) in [6, 6.07) is 1.01. The number of nitrogens with zero attached hydrogens (tertiary/aromatic N) is 2. The number of hydrogen-bond donors (Lipinski definition) is 5. The molecule has 1 aromatic rings. The van der Waals surface area contributed by atoms with Crippen LogP contribution >= 0.6 is 0 Å². The number of nitrogens with one attached hydrogen (secondary N) is 1. The topological polar surface area (TPSA) is 149 Å². The van der Waals surface area contributed by atoms with Gasteiger partial charge in [-0.05, 0) is 18.8 Å². The first kappa shape index (κ1) is 32.3. The zero-order chi connectivity index (χ0) is 32.1. The Kier molecular flexibility index (Phi) is 9.04. The number of amides is 1. The quantitative estimate of drug-likeness (QED) is 0.222. The fourth-order valence-corrected chi connectivity index (χ4v) is 8.28. The molecular formula is C33H46BN4O6. The van der Waals surface area contributed by atoms with Crippen LogP contribution in [0.25, 0.3) is 5.76 Å². The summed E-state index contributed by atoms with van der Waals surface area (Å²) in [5.41, 5.74) is 5.56. The van der Waals surface area contributed by atoms with E-state index in [1.54, 1.807) is 19.0 Å². The Morgan fingerprint density at radius 3 is 2.39 bits per heavy atom. The number of ether oxygens (including phenoxy) is 1. The molecule has 0 saturated heterocycles. The van der Waals surface area contributed by atoms with Crippen LogP contribution in [0.4, 0.5) is 5.69 Å². The molecular weight excluding hydrogens is 559 g/mol. The van der Waals surface area contributed by atoms with E-state index in [1.165, 1.54) is 45.6 Å². The number of primary amides is 1. The second kappa shape index (κ2) is 12.3. The molecule has 0 heterocycles. The number of benzene rings is 1. The Balaban J connectivity index is 1.58. The monoisotopic (exact) mass is 605 g/mol. The van der Waals surface area contributed by atoms with Crippen molar-refractivity contribution in [2.45, 2.75) is 69.6 Å². The van der Waals surface area contributed by atoms with Crippen LogP contribution in [-0.4, -0.2) is 98.3 Å². The third kappa shape index (κ3) is 5.16. The predicted molar refractivity (Wildman–Crippen MR) is 172 cm³/mol. The van der Waals surface area contributed by atoms with E-state index < -0.39 is 46.2 Å². The van der Waals surface area contributed by atoms with E-state index in [-0.39, 0.29) is 23.5 Å². The van der Waals surface area contributed by atoms with Gasteiger partial charge in [-0.25, -0.2) is 0 Å². The van der Waals surface area contributed by atoms with Gasteiger partial charge in [-0.15, -0.1) is 0 Å². The average molecular weight is 606 g/mol. The van der Waals surface area contributed by atoms with Crippen LogP contribution in [0.3, 0.4) is 0 Å². The molecule has 0 spiro atoms. The summed E-state index contributed by atoms with van der Waals surface area (Å²) in [5.74, 6) is -2.73. The third-order valence-corrected chi connectivity index (χ3v) is 10.3. The fourth-order valence-electron chi connectivity index (χ4n) is 8.28. The van der Waals surface area contributed by atoms with Gasteiger partial charge in [0, 0.05) is 0 Å². The molecule has 4 aliphatic carbocycles. The molecule has 1 amide bonds. The van der Waals surface area contributed by atoms with Crippen molar-refractivity contribution in [1.29, 1.82) is 0 Å². The van der Waals surface area contributed by atoms with E-state index in [0.29, 0.717) is 30.2 Å². The number of aliphatic hydroxyl groups is 3. The Bertz CT molecular complexity index is 1430. The van der Waals surface area contributed by atoms with Crippen LogP contribution in [0.1, 0.15) is 61.6 Å². The molecule has 2 saturated carbocycles. The maximum absolute atomic E-state index is 14.3. The Labute approximate surface area is 261 Å². The van der Waals surface area contributed by atoms with Crippen molar-refractivity contribution in [3.63, 3.8) is 0 Å². The van der Waals surface area contributed by atoms with Crippen molar-refractivity contribution in [3.8, 4) is 5.75 Å². The molecule has 4 aliphatic rings. The Hall–Kier alpha value is -3.15. The summed E-state index contributed by atoms with van der Waals surface area (Å²) in [5, 5.41) is 38.7. The number of carbonyl (C=O) groups is 2. The number of ketones is 1. The molecule has 11 heteroatoms. The normalized spacial score (nSPS) is 27.5. The summed E-state index contributed by atoms with van der Waals surface area (Å²) < 4.78 is 5.80. The molecule has 6 N–H and O–H groups in total. The van der Waals surface area contributed by atoms with Crippen LogP contribution < -0.4 is 20.7 Å². The average Bonchev–Trinajstić information content (AvgIpc) is 3.22. The van der Waals surface area contributed by atoms with Gasteiger partial charge in [0.1, 0.15) is 0 Å². The van der Waals surface area contributed by atoms with Crippen molar-refractivity contribution in [3.05, 3.63) is 39.7 Å². The van der Waals surface area contributed by atoms with Crippen LogP contribution in [0.15, 0.2) is 23.0 Å². The van der Waals surface area contributed by atoms with Crippen molar-refractivity contribution in [2.24, 2.45) is 23.5 Å². The molecule has 44 heavy (non-hydrogen) atoms. The molecule has 1 radical (unpaired) electrons. The standard InChI is InChI=1S/C33H46BN4O6/c1-37(2)26-19(16-36-15-17-10-8-6-7-9-11-17)14-22(44-5)24-20(26)12-18-13-21-27(38(3)4)29(40)25(32(35)42)30(34)33(21,43)31(41)23(18)28(24)39/h14,17-18,21,27,36,39-40,43H,6-13,15-16H2,1-5H3,(H2,35,42)/t18-,21-,27-,33+/m0/s1. The first-order valence-electron chi connectivity index (χ1n) is 15.7. The minimum atomic E-state index is -2.34. The molecule has 10 nitrogen and oxygen atoms in total. The number of aliphatic hydroxyl groups excluding tert-OH is 2. The number of Topliss-reactive ketones (excluding diaryl/α,β-unsaturated/α-hetero) is 1. The molecule has 2 fully saturated rings. The molecule has 0 unspecified atom stereocenters. The summed E-state index contributed by atoms with van der Waals surface area (Å²) in [7, 11) is 15.1. The molecule has 0 bridgehead atoms. The van der Waals surface area contributed by atoms with Crippen LogP contribution in [-0.2, 0) is 22.6 Å². The van der Waals surface area contributed by atoms with Gasteiger partial charge >= 0.3 is 217 Å². The SMILES string of the molecule is [B]=C1C(C(N)=O)=C(O)[C@@H](N(C)C)[C@@H]2C[C@@H]3Cc4c(c(OC)cc(CNCC5CCCCCC5)c4N(C)C)C(O)=C3C(=O)[C@]12O. The zero-order valence-electron chi connectivity index (χ0n) is 26.6. The van der Waals surface area contributed by atoms with Crippen molar-refractivity contribution >= 4 is 36.1 Å². The van der Waals surface area contributed by atoms with E-state index in [0.717, 1.165) is 23.4 Å².